The third kappa shape index (κ3) is 4.77. The fourth-order valence-corrected chi connectivity index (χ4v) is 3.04. The van der Waals surface area contributed by atoms with Crippen molar-refractivity contribution in [2.45, 2.75) is 46.8 Å². The largest absolute Gasteiger partial charge is 0.491 e. The Balaban J connectivity index is 2.03. The second-order valence-electron chi connectivity index (χ2n) is 7.93. The molecule has 0 saturated heterocycles. The minimum Gasteiger partial charge on any atom is -0.491 e. The van der Waals surface area contributed by atoms with Crippen molar-refractivity contribution in [3.63, 3.8) is 0 Å². The molecule has 2 heterocycles. The number of nitrogens with one attached hydrogen (secondary N) is 1. The van der Waals surface area contributed by atoms with Gasteiger partial charge in [-0.25, -0.2) is 15.8 Å². The van der Waals surface area contributed by atoms with Crippen molar-refractivity contribution in [3.8, 4) is 17.3 Å². The third-order valence-corrected chi connectivity index (χ3v) is 4.75. The van der Waals surface area contributed by atoms with Gasteiger partial charge in [0.05, 0.1) is 30.0 Å². The molecular weight excluding hydrogens is 380 g/mol. The maximum absolute atomic E-state index is 9.38. The van der Waals surface area contributed by atoms with Crippen LogP contribution in [0.15, 0.2) is 36.7 Å². The Kier molecular flexibility index (Phi) is 6.69. The van der Waals surface area contributed by atoms with Gasteiger partial charge >= 0.3 is 0 Å². The summed E-state index contributed by atoms with van der Waals surface area (Å²) < 4.78 is 5.82. The average molecular weight is 411 g/mol. The van der Waals surface area contributed by atoms with Gasteiger partial charge in [-0.15, -0.1) is 0 Å². The SMILES string of the molecule is CC(C)Oc1ccc2[nH]nc(-c3nccc(/C(=C/N(N)C(C)CO)C(C)C)n3)c2c1. The van der Waals surface area contributed by atoms with Crippen molar-refractivity contribution in [1.82, 2.24) is 25.2 Å². The van der Waals surface area contributed by atoms with E-state index >= 15 is 0 Å². The first kappa shape index (κ1) is 21.7. The van der Waals surface area contributed by atoms with E-state index in [1.54, 1.807) is 6.20 Å². The molecule has 8 nitrogen and oxygen atoms in total. The van der Waals surface area contributed by atoms with E-state index in [0.717, 1.165) is 27.9 Å². The minimum absolute atomic E-state index is 0.0343. The molecule has 8 heteroatoms. The predicted octanol–water partition coefficient (Wildman–Crippen LogP) is 3.36. The monoisotopic (exact) mass is 410 g/mol. The zero-order chi connectivity index (χ0) is 21.8. The summed E-state index contributed by atoms with van der Waals surface area (Å²) in [5.74, 6) is 7.56. The van der Waals surface area contributed by atoms with Crippen LogP contribution in [0.4, 0.5) is 0 Å². The Hall–Kier alpha value is -2.97. The van der Waals surface area contributed by atoms with Crippen LogP contribution in [0.3, 0.4) is 0 Å². The first-order valence-electron chi connectivity index (χ1n) is 10.1. The van der Waals surface area contributed by atoms with E-state index in [9.17, 15) is 5.11 Å². The number of hydrazine groups is 1. The molecule has 1 aromatic carbocycles. The van der Waals surface area contributed by atoms with Gasteiger partial charge in [0.15, 0.2) is 5.82 Å². The van der Waals surface area contributed by atoms with Gasteiger partial charge < -0.3 is 14.9 Å². The lowest BCUT2D eigenvalue weighted by Gasteiger charge is -2.23. The first-order chi connectivity index (χ1) is 14.3. The number of rotatable bonds is 8. The molecule has 0 fully saturated rings. The minimum atomic E-state index is -0.199. The summed E-state index contributed by atoms with van der Waals surface area (Å²) in [4.78, 5) is 9.22. The molecule has 1 atom stereocenters. The van der Waals surface area contributed by atoms with Crippen LogP contribution in [-0.2, 0) is 0 Å². The second-order valence-corrected chi connectivity index (χ2v) is 7.93. The molecule has 3 aromatic rings. The number of benzene rings is 1. The van der Waals surface area contributed by atoms with Crippen LogP contribution >= 0.6 is 0 Å². The van der Waals surface area contributed by atoms with Gasteiger partial charge in [0, 0.05) is 17.8 Å². The number of aliphatic hydroxyl groups excluding tert-OH is 1. The van der Waals surface area contributed by atoms with Gasteiger partial charge in [0.1, 0.15) is 11.4 Å². The lowest BCUT2D eigenvalue weighted by Crippen LogP contribution is -2.37. The number of H-pyrrole nitrogens is 1. The number of hydrogen-bond donors (Lipinski definition) is 3. The van der Waals surface area contributed by atoms with Gasteiger partial charge in [-0.2, -0.15) is 5.10 Å². The Labute approximate surface area is 176 Å². The summed E-state index contributed by atoms with van der Waals surface area (Å²) in [5.41, 5.74) is 3.27. The van der Waals surface area contributed by atoms with Crippen molar-refractivity contribution in [2.75, 3.05) is 6.61 Å². The summed E-state index contributed by atoms with van der Waals surface area (Å²) in [5, 5.41) is 19.3. The topological polar surface area (TPSA) is 113 Å². The number of aromatic nitrogens is 4. The first-order valence-corrected chi connectivity index (χ1v) is 10.1. The molecule has 30 heavy (non-hydrogen) atoms. The highest BCUT2D eigenvalue weighted by Crippen LogP contribution is 2.29. The summed E-state index contributed by atoms with van der Waals surface area (Å²) >= 11 is 0. The lowest BCUT2D eigenvalue weighted by molar-refractivity contribution is 0.178. The molecule has 0 radical (unpaired) electrons. The van der Waals surface area contributed by atoms with E-state index in [1.807, 2.05) is 51.2 Å². The highest BCUT2D eigenvalue weighted by atomic mass is 16.5. The zero-order valence-corrected chi connectivity index (χ0v) is 18.1. The number of nitrogens with two attached hydrogens (primary N) is 1. The molecule has 0 saturated carbocycles. The molecule has 0 aliphatic carbocycles. The van der Waals surface area contributed by atoms with Crippen LogP contribution in [0.5, 0.6) is 5.75 Å². The van der Waals surface area contributed by atoms with E-state index < -0.39 is 0 Å². The fraction of sp³-hybridized carbons (Fsp3) is 0.409. The normalized spacial score (nSPS) is 13.3. The van der Waals surface area contributed by atoms with Crippen molar-refractivity contribution < 1.29 is 9.84 Å². The number of nitrogens with zero attached hydrogens (tertiary/aromatic N) is 4. The van der Waals surface area contributed by atoms with Crippen LogP contribution in [0, 0.1) is 5.92 Å². The Morgan fingerprint density at radius 3 is 2.67 bits per heavy atom. The molecule has 0 bridgehead atoms. The van der Waals surface area contributed by atoms with Crippen molar-refractivity contribution in [2.24, 2.45) is 11.8 Å². The van der Waals surface area contributed by atoms with Crippen LogP contribution < -0.4 is 10.6 Å². The van der Waals surface area contributed by atoms with Crippen LogP contribution in [-0.4, -0.2) is 49.0 Å². The van der Waals surface area contributed by atoms with Crippen LogP contribution in [0.1, 0.15) is 40.3 Å². The zero-order valence-electron chi connectivity index (χ0n) is 18.1. The van der Waals surface area contributed by atoms with Crippen molar-refractivity contribution in [3.05, 3.63) is 42.4 Å². The summed E-state index contributed by atoms with van der Waals surface area (Å²) in [7, 11) is 0. The summed E-state index contributed by atoms with van der Waals surface area (Å²) in [6.45, 7) is 9.95. The third-order valence-electron chi connectivity index (χ3n) is 4.75. The Bertz CT molecular complexity index is 1030. The molecule has 2 aromatic heterocycles. The maximum atomic E-state index is 9.38. The van der Waals surface area contributed by atoms with Gasteiger partial charge in [-0.3, -0.25) is 5.10 Å². The summed E-state index contributed by atoms with van der Waals surface area (Å²) in [6, 6.07) is 7.46. The quantitative estimate of drug-likeness (QED) is 0.385. The predicted molar refractivity (Wildman–Crippen MR) is 118 cm³/mol. The highest BCUT2D eigenvalue weighted by molar-refractivity contribution is 5.92. The molecule has 0 amide bonds. The molecule has 0 aliphatic heterocycles. The Morgan fingerprint density at radius 1 is 1.23 bits per heavy atom. The molecular formula is C22H30N6O2. The maximum Gasteiger partial charge on any atom is 0.181 e. The molecule has 1 unspecified atom stereocenters. The standard InChI is InChI=1S/C22H30N6O2/c1-13(2)18(11-28(23)15(5)12-29)19-8-9-24-22(25-19)21-17-10-16(30-14(3)4)6-7-20(17)26-27-21/h6-11,13-15,29H,12,23H2,1-5H3,(H,26,27)/b18-11+. The smallest absolute Gasteiger partial charge is 0.181 e. The number of fused-ring (bicyclic) bond motifs is 1. The lowest BCUT2D eigenvalue weighted by atomic mass is 10.0. The van der Waals surface area contributed by atoms with Gasteiger partial charge in [-0.05, 0) is 56.5 Å². The number of hydrogen-bond acceptors (Lipinski definition) is 7. The highest BCUT2D eigenvalue weighted by Gasteiger charge is 2.16. The molecule has 4 N–H and O–H groups in total. The van der Waals surface area contributed by atoms with Gasteiger partial charge in [0.2, 0.25) is 0 Å². The summed E-state index contributed by atoms with van der Waals surface area (Å²) in [6.07, 6.45) is 3.63. The van der Waals surface area contributed by atoms with Crippen molar-refractivity contribution >= 4 is 16.5 Å². The number of ether oxygens (including phenoxy) is 1. The van der Waals surface area contributed by atoms with Crippen molar-refractivity contribution in [1.29, 1.82) is 0 Å². The van der Waals surface area contributed by atoms with E-state index in [4.69, 9.17) is 15.6 Å². The molecule has 160 valence electrons. The van der Waals surface area contributed by atoms with Gasteiger partial charge in [0.25, 0.3) is 0 Å². The molecule has 3 rings (SSSR count). The second kappa shape index (κ2) is 9.23. The number of aromatic amines is 1. The van der Waals surface area contributed by atoms with Gasteiger partial charge in [-0.1, -0.05) is 13.8 Å². The molecule has 0 aliphatic rings. The average Bonchev–Trinajstić information content (AvgIpc) is 3.13. The van der Waals surface area contributed by atoms with E-state index in [-0.39, 0.29) is 24.7 Å². The van der Waals surface area contributed by atoms with E-state index in [0.29, 0.717) is 11.5 Å². The fourth-order valence-electron chi connectivity index (χ4n) is 3.04. The number of aliphatic hydroxyl groups is 1. The van der Waals surface area contributed by atoms with E-state index in [1.165, 1.54) is 5.01 Å². The van der Waals surface area contributed by atoms with E-state index in [2.05, 4.69) is 29.0 Å². The van der Waals surface area contributed by atoms with Crippen LogP contribution in [0.25, 0.3) is 28.0 Å². The Morgan fingerprint density at radius 2 is 2.00 bits per heavy atom. The molecule has 0 spiro atoms. The number of allylic oxidation sites excluding steroid dienone is 1. The van der Waals surface area contributed by atoms with Crippen LogP contribution in [0.2, 0.25) is 0 Å².